The van der Waals surface area contributed by atoms with Gasteiger partial charge in [-0.2, -0.15) is 0 Å². The van der Waals surface area contributed by atoms with Crippen LogP contribution in [0.4, 0.5) is 0 Å². The predicted octanol–water partition coefficient (Wildman–Crippen LogP) is 5.41. The Morgan fingerprint density at radius 1 is 0.630 bits per heavy atom. The molecule has 0 atom stereocenters. The van der Waals surface area contributed by atoms with Crippen LogP contribution >= 0.6 is 0 Å². The summed E-state index contributed by atoms with van der Waals surface area (Å²) in [5, 5.41) is 1.23. The van der Waals surface area contributed by atoms with E-state index in [1.807, 2.05) is 0 Å². The Kier molecular flexibility index (Phi) is 5.29. The van der Waals surface area contributed by atoms with Crippen LogP contribution in [0.25, 0.3) is 33.3 Å². The maximum Gasteiger partial charge on any atom is 0.0791 e. The van der Waals surface area contributed by atoms with Gasteiger partial charge < -0.3 is 0 Å². The zero-order valence-corrected chi connectivity index (χ0v) is 15.5. The Hall–Kier alpha value is -2.71. The Bertz CT molecular complexity index is 1050. The van der Waals surface area contributed by atoms with Gasteiger partial charge in [0.15, 0.2) is 0 Å². The van der Waals surface area contributed by atoms with Crippen molar-refractivity contribution in [3.8, 4) is 22.4 Å². The smallest absolute Gasteiger partial charge is 0.0791 e. The van der Waals surface area contributed by atoms with Crippen LogP contribution in [0.15, 0.2) is 84.9 Å². The van der Waals surface area contributed by atoms with E-state index in [-0.39, 0.29) is 16.4 Å². The molecule has 2 heteroatoms. The topological polar surface area (TPSA) is 12.9 Å². The Morgan fingerprint density at radius 3 is 1.74 bits per heavy atom. The fourth-order valence-corrected chi connectivity index (χ4v) is 3.68. The molecular formula is C25H27NSi. The average molecular weight is 370 g/mol. The lowest BCUT2D eigenvalue weighted by Crippen LogP contribution is -2.15. The van der Waals surface area contributed by atoms with Crippen LogP contribution in [0.3, 0.4) is 0 Å². The van der Waals surface area contributed by atoms with E-state index < -0.39 is 0 Å². The van der Waals surface area contributed by atoms with Gasteiger partial charge in [-0.25, -0.2) is 4.98 Å². The molecule has 0 unspecified atom stereocenters. The van der Waals surface area contributed by atoms with Gasteiger partial charge in [-0.1, -0.05) is 99.6 Å². The average Bonchev–Trinajstić information content (AvgIpc) is 2.67. The molecule has 0 amide bonds. The number of aromatic nitrogens is 1. The summed E-state index contributed by atoms with van der Waals surface area (Å²) in [5.41, 5.74) is 7.07. The van der Waals surface area contributed by atoms with Crippen molar-refractivity contribution in [2.75, 3.05) is 0 Å². The van der Waals surface area contributed by atoms with Crippen LogP contribution < -0.4 is 0 Å². The highest BCUT2D eigenvalue weighted by molar-refractivity contribution is 5.96. The standard InChI is InChI=1S/C25H23N.H4Si/c1-25(2,3)23-20-16-10-11-17-21(20)26-24(19-14-8-5-9-15-19)22(23)18-12-6-4-7-13-18;/h4-17H,1-3H3;1H4. The highest BCUT2D eigenvalue weighted by atomic mass is 28.1. The second-order valence-corrected chi connectivity index (χ2v) is 7.71. The molecule has 0 saturated heterocycles. The van der Waals surface area contributed by atoms with Gasteiger partial charge in [-0.05, 0) is 33.6 Å². The zero-order valence-electron chi connectivity index (χ0n) is 15.5. The normalized spacial score (nSPS) is 11.2. The quantitative estimate of drug-likeness (QED) is 0.430. The summed E-state index contributed by atoms with van der Waals surface area (Å²) in [5.74, 6) is 0. The summed E-state index contributed by atoms with van der Waals surface area (Å²) in [7, 11) is 0. The molecule has 0 aliphatic heterocycles. The van der Waals surface area contributed by atoms with Crippen LogP contribution in [0, 0.1) is 0 Å². The third kappa shape index (κ3) is 3.58. The van der Waals surface area contributed by atoms with Crippen molar-refractivity contribution >= 4 is 21.9 Å². The maximum atomic E-state index is 5.10. The summed E-state index contributed by atoms with van der Waals surface area (Å²) in [6.07, 6.45) is 0. The monoisotopic (exact) mass is 369 g/mol. The largest absolute Gasteiger partial charge is 0.247 e. The summed E-state index contributed by atoms with van der Waals surface area (Å²) in [6, 6.07) is 29.7. The Morgan fingerprint density at radius 2 is 1.15 bits per heavy atom. The fourth-order valence-electron chi connectivity index (χ4n) is 3.68. The van der Waals surface area contributed by atoms with Crippen molar-refractivity contribution in [1.29, 1.82) is 0 Å². The molecule has 27 heavy (non-hydrogen) atoms. The molecule has 0 fully saturated rings. The van der Waals surface area contributed by atoms with Gasteiger partial charge >= 0.3 is 0 Å². The van der Waals surface area contributed by atoms with Crippen molar-refractivity contribution in [3.05, 3.63) is 90.5 Å². The Balaban J connectivity index is 0.00000210. The number of pyridine rings is 1. The number of fused-ring (bicyclic) bond motifs is 1. The molecule has 0 aliphatic carbocycles. The van der Waals surface area contributed by atoms with E-state index in [1.165, 1.54) is 22.1 Å². The molecule has 3 aromatic carbocycles. The minimum atomic E-state index is -0.00273. The third-order valence-electron chi connectivity index (χ3n) is 4.75. The molecule has 136 valence electrons. The molecule has 1 heterocycles. The first-order valence-corrected chi connectivity index (χ1v) is 9.10. The summed E-state index contributed by atoms with van der Waals surface area (Å²) >= 11 is 0. The number of hydrogen-bond donors (Lipinski definition) is 0. The number of benzene rings is 3. The van der Waals surface area contributed by atoms with Crippen molar-refractivity contribution < 1.29 is 0 Å². The Labute approximate surface area is 166 Å². The highest BCUT2D eigenvalue weighted by Gasteiger charge is 2.25. The molecule has 0 radical (unpaired) electrons. The van der Waals surface area contributed by atoms with Gasteiger partial charge in [-0.15, -0.1) is 0 Å². The lowest BCUT2D eigenvalue weighted by atomic mass is 9.78. The number of rotatable bonds is 2. The molecule has 1 nitrogen and oxygen atoms in total. The molecule has 1 aromatic heterocycles. The van der Waals surface area contributed by atoms with Gasteiger partial charge in [0, 0.05) is 16.5 Å². The highest BCUT2D eigenvalue weighted by Crippen LogP contribution is 2.42. The van der Waals surface area contributed by atoms with Crippen LogP contribution in [-0.2, 0) is 5.41 Å². The van der Waals surface area contributed by atoms with E-state index in [4.69, 9.17) is 4.98 Å². The summed E-state index contributed by atoms with van der Waals surface area (Å²) in [6.45, 7) is 6.86. The molecule has 4 rings (SSSR count). The van der Waals surface area contributed by atoms with Gasteiger partial charge in [0.2, 0.25) is 0 Å². The van der Waals surface area contributed by atoms with Crippen LogP contribution in [-0.4, -0.2) is 15.9 Å². The van der Waals surface area contributed by atoms with Gasteiger partial charge in [-0.3, -0.25) is 0 Å². The van der Waals surface area contributed by atoms with E-state index in [0.29, 0.717) is 0 Å². The van der Waals surface area contributed by atoms with Crippen molar-refractivity contribution in [1.82, 2.24) is 4.98 Å². The van der Waals surface area contributed by atoms with Crippen molar-refractivity contribution in [2.45, 2.75) is 26.2 Å². The SMILES string of the molecule is CC(C)(C)c1c(-c2ccccc2)c(-c2ccccc2)nc2ccccc12.[SiH4]. The first kappa shape index (κ1) is 19.1. The predicted molar refractivity (Wildman–Crippen MR) is 123 cm³/mol. The lowest BCUT2D eigenvalue weighted by molar-refractivity contribution is 0.597. The summed E-state index contributed by atoms with van der Waals surface area (Å²) in [4.78, 5) is 5.10. The molecular weight excluding hydrogens is 342 g/mol. The van der Waals surface area contributed by atoms with E-state index >= 15 is 0 Å². The fraction of sp³-hybridized carbons (Fsp3) is 0.160. The first-order valence-electron chi connectivity index (χ1n) is 9.10. The number of nitrogens with zero attached hydrogens (tertiary/aromatic N) is 1. The molecule has 0 bridgehead atoms. The molecule has 0 spiro atoms. The molecule has 0 N–H and O–H groups in total. The minimum Gasteiger partial charge on any atom is -0.247 e. The third-order valence-corrected chi connectivity index (χ3v) is 4.75. The molecule has 0 saturated carbocycles. The van der Waals surface area contributed by atoms with E-state index in [2.05, 4.69) is 106 Å². The minimum absolute atomic E-state index is 0. The second-order valence-electron chi connectivity index (χ2n) is 7.71. The molecule has 4 aromatic rings. The van der Waals surface area contributed by atoms with Crippen LogP contribution in [0.1, 0.15) is 26.3 Å². The van der Waals surface area contributed by atoms with Crippen molar-refractivity contribution in [2.24, 2.45) is 0 Å². The molecule has 0 aliphatic rings. The number of hydrogen-bond acceptors (Lipinski definition) is 1. The van der Waals surface area contributed by atoms with Gasteiger partial charge in [0.05, 0.1) is 11.2 Å². The number of para-hydroxylation sites is 1. The van der Waals surface area contributed by atoms with E-state index in [1.54, 1.807) is 0 Å². The van der Waals surface area contributed by atoms with Gasteiger partial charge in [0.1, 0.15) is 0 Å². The second kappa shape index (κ2) is 7.49. The zero-order chi connectivity index (χ0) is 18.1. The maximum absolute atomic E-state index is 5.10. The summed E-state index contributed by atoms with van der Waals surface area (Å²) < 4.78 is 0. The van der Waals surface area contributed by atoms with Crippen molar-refractivity contribution in [3.63, 3.8) is 0 Å². The first-order chi connectivity index (χ1) is 12.6. The van der Waals surface area contributed by atoms with Crippen LogP contribution in [0.5, 0.6) is 0 Å². The van der Waals surface area contributed by atoms with E-state index in [0.717, 1.165) is 16.8 Å². The lowest BCUT2D eigenvalue weighted by Gasteiger charge is -2.27. The van der Waals surface area contributed by atoms with Crippen LogP contribution in [0.2, 0.25) is 0 Å². The van der Waals surface area contributed by atoms with Gasteiger partial charge in [0.25, 0.3) is 0 Å². The van der Waals surface area contributed by atoms with E-state index in [9.17, 15) is 0 Å².